The third-order valence-electron chi connectivity index (χ3n) is 3.35. The number of carbonyl (C=O) groups is 1. The molecule has 0 unspecified atom stereocenters. The Hall–Kier alpha value is -2.01. The molecule has 0 atom stereocenters. The molecule has 1 amide bonds. The van der Waals surface area contributed by atoms with Crippen molar-refractivity contribution in [2.75, 3.05) is 5.32 Å². The minimum atomic E-state index is -0.521. The topological polar surface area (TPSA) is 47.6 Å². The second-order valence-electron chi connectivity index (χ2n) is 6.46. The summed E-state index contributed by atoms with van der Waals surface area (Å²) in [6.45, 7) is 5.51. The monoisotopic (exact) mass is 375 g/mol. The molecule has 0 saturated heterocycles. The summed E-state index contributed by atoms with van der Waals surface area (Å²) in [5.74, 6) is 1.66. The van der Waals surface area contributed by atoms with Crippen LogP contribution in [0.4, 0.5) is 10.5 Å². The molecular formula is C18H18BrNO3. The molecule has 0 aromatic heterocycles. The molecule has 3 rings (SSSR count). The number of fused-ring (bicyclic) bond motifs is 2. The molecule has 0 radical (unpaired) electrons. The molecule has 4 nitrogen and oxygen atoms in total. The number of ether oxygens (including phenoxy) is 2. The zero-order valence-corrected chi connectivity index (χ0v) is 14.9. The predicted molar refractivity (Wildman–Crippen MR) is 93.3 cm³/mol. The van der Waals surface area contributed by atoms with Crippen molar-refractivity contribution in [2.24, 2.45) is 0 Å². The Labute approximate surface area is 143 Å². The Morgan fingerprint density at radius 1 is 1.22 bits per heavy atom. The van der Waals surface area contributed by atoms with Crippen molar-refractivity contribution >= 4 is 27.7 Å². The highest BCUT2D eigenvalue weighted by atomic mass is 79.9. The summed E-state index contributed by atoms with van der Waals surface area (Å²) in [4.78, 5) is 11.9. The molecule has 1 N–H and O–H groups in total. The van der Waals surface area contributed by atoms with E-state index in [2.05, 4.69) is 21.2 Å². The molecule has 1 aliphatic rings. The smallest absolute Gasteiger partial charge is 0.412 e. The fraction of sp³-hybridized carbons (Fsp3) is 0.278. The standard InChI is InChI=1S/C18H18BrNO3/c1-18(2,3)23-17(21)20-13-7-8-15-12(10-13)9-11-5-4-6-14(19)16(11)22-15/h4-8,10H,9H2,1-3H3,(H,20,21). The van der Waals surface area contributed by atoms with Crippen LogP contribution in [-0.4, -0.2) is 11.7 Å². The van der Waals surface area contributed by atoms with E-state index in [1.54, 1.807) is 0 Å². The first-order chi connectivity index (χ1) is 10.8. The van der Waals surface area contributed by atoms with Crippen molar-refractivity contribution in [1.82, 2.24) is 0 Å². The Kier molecular flexibility index (Phi) is 4.06. The van der Waals surface area contributed by atoms with E-state index in [1.807, 2.05) is 57.2 Å². The third kappa shape index (κ3) is 3.67. The van der Waals surface area contributed by atoms with Gasteiger partial charge in [0.2, 0.25) is 0 Å². The number of rotatable bonds is 1. The van der Waals surface area contributed by atoms with Crippen molar-refractivity contribution in [3.05, 3.63) is 52.0 Å². The van der Waals surface area contributed by atoms with Crippen LogP contribution in [0.3, 0.4) is 0 Å². The molecular weight excluding hydrogens is 358 g/mol. The summed E-state index contributed by atoms with van der Waals surface area (Å²) < 4.78 is 12.2. The molecule has 0 aliphatic carbocycles. The second-order valence-corrected chi connectivity index (χ2v) is 7.31. The molecule has 0 bridgehead atoms. The summed E-state index contributed by atoms with van der Waals surface area (Å²) >= 11 is 3.51. The summed E-state index contributed by atoms with van der Waals surface area (Å²) in [7, 11) is 0. The van der Waals surface area contributed by atoms with Gasteiger partial charge in [-0.2, -0.15) is 0 Å². The molecule has 5 heteroatoms. The van der Waals surface area contributed by atoms with Gasteiger partial charge < -0.3 is 9.47 Å². The van der Waals surface area contributed by atoms with E-state index in [4.69, 9.17) is 9.47 Å². The lowest BCUT2D eigenvalue weighted by atomic mass is 10.00. The number of benzene rings is 2. The minimum absolute atomic E-state index is 0.461. The van der Waals surface area contributed by atoms with E-state index in [0.717, 1.165) is 33.5 Å². The molecule has 120 valence electrons. The van der Waals surface area contributed by atoms with E-state index < -0.39 is 11.7 Å². The first-order valence-electron chi connectivity index (χ1n) is 7.40. The fourth-order valence-corrected chi connectivity index (χ4v) is 2.93. The Bertz CT molecular complexity index is 765. The van der Waals surface area contributed by atoms with E-state index in [0.29, 0.717) is 5.69 Å². The normalized spacial score (nSPS) is 12.7. The van der Waals surface area contributed by atoms with Crippen LogP contribution in [0.15, 0.2) is 40.9 Å². The Morgan fingerprint density at radius 3 is 2.74 bits per heavy atom. The number of hydrogen-bond donors (Lipinski definition) is 1. The summed E-state index contributed by atoms with van der Waals surface area (Å²) in [5.41, 5.74) is 2.32. The number of carbonyl (C=O) groups excluding carboxylic acids is 1. The highest BCUT2D eigenvalue weighted by Gasteiger charge is 2.20. The van der Waals surface area contributed by atoms with Crippen LogP contribution < -0.4 is 10.1 Å². The van der Waals surface area contributed by atoms with Crippen molar-refractivity contribution in [2.45, 2.75) is 32.8 Å². The fourth-order valence-electron chi connectivity index (χ4n) is 2.44. The van der Waals surface area contributed by atoms with Gasteiger partial charge in [0.05, 0.1) is 4.47 Å². The van der Waals surface area contributed by atoms with Crippen molar-refractivity contribution in [3.63, 3.8) is 0 Å². The van der Waals surface area contributed by atoms with Gasteiger partial charge in [-0.15, -0.1) is 0 Å². The van der Waals surface area contributed by atoms with E-state index in [-0.39, 0.29) is 0 Å². The average molecular weight is 376 g/mol. The number of nitrogens with one attached hydrogen (secondary N) is 1. The number of halogens is 1. The van der Waals surface area contributed by atoms with Crippen molar-refractivity contribution < 1.29 is 14.3 Å². The Balaban J connectivity index is 1.80. The zero-order chi connectivity index (χ0) is 16.6. The second kappa shape index (κ2) is 5.89. The maximum atomic E-state index is 11.9. The van der Waals surface area contributed by atoms with Gasteiger partial charge in [0, 0.05) is 23.2 Å². The summed E-state index contributed by atoms with van der Waals surface area (Å²) in [5, 5.41) is 2.76. The number of anilines is 1. The number of amides is 1. The molecule has 1 heterocycles. The van der Waals surface area contributed by atoms with Crippen LogP contribution in [0, 0.1) is 0 Å². The molecule has 0 saturated carbocycles. The van der Waals surface area contributed by atoms with Crippen LogP contribution >= 0.6 is 15.9 Å². The first kappa shape index (κ1) is 15.9. The SMILES string of the molecule is CC(C)(C)OC(=O)Nc1ccc2c(c1)Cc1cccc(Br)c1O2. The van der Waals surface area contributed by atoms with Crippen molar-refractivity contribution in [1.29, 1.82) is 0 Å². The summed E-state index contributed by atoms with van der Waals surface area (Å²) in [6.07, 6.45) is 0.297. The maximum absolute atomic E-state index is 11.9. The lowest BCUT2D eigenvalue weighted by molar-refractivity contribution is 0.0636. The number of hydrogen-bond acceptors (Lipinski definition) is 3. The van der Waals surface area contributed by atoms with Gasteiger partial charge in [-0.1, -0.05) is 12.1 Å². The quantitative estimate of drug-likeness (QED) is 0.611. The molecule has 1 aliphatic heterocycles. The van der Waals surface area contributed by atoms with Crippen molar-refractivity contribution in [3.8, 4) is 11.5 Å². The largest absolute Gasteiger partial charge is 0.456 e. The van der Waals surface area contributed by atoms with Crippen LogP contribution in [0.2, 0.25) is 0 Å². The molecule has 2 aromatic carbocycles. The van der Waals surface area contributed by atoms with Gasteiger partial charge in [-0.25, -0.2) is 4.79 Å². The zero-order valence-electron chi connectivity index (χ0n) is 13.3. The highest BCUT2D eigenvalue weighted by Crippen LogP contribution is 2.41. The first-order valence-corrected chi connectivity index (χ1v) is 8.19. The van der Waals surface area contributed by atoms with Gasteiger partial charge in [0.25, 0.3) is 0 Å². The van der Waals surface area contributed by atoms with Crippen LogP contribution in [0.5, 0.6) is 11.5 Å². The number of para-hydroxylation sites is 1. The van der Waals surface area contributed by atoms with E-state index >= 15 is 0 Å². The van der Waals surface area contributed by atoms with E-state index in [9.17, 15) is 4.79 Å². The Morgan fingerprint density at radius 2 is 2.00 bits per heavy atom. The lowest BCUT2D eigenvalue weighted by Crippen LogP contribution is -2.27. The van der Waals surface area contributed by atoms with Gasteiger partial charge in [0.15, 0.2) is 0 Å². The van der Waals surface area contributed by atoms with Crippen LogP contribution in [0.25, 0.3) is 0 Å². The lowest BCUT2D eigenvalue weighted by Gasteiger charge is -2.23. The maximum Gasteiger partial charge on any atom is 0.412 e. The van der Waals surface area contributed by atoms with Gasteiger partial charge in [-0.3, -0.25) is 5.32 Å². The molecule has 0 fully saturated rings. The highest BCUT2D eigenvalue weighted by molar-refractivity contribution is 9.10. The predicted octanol–water partition coefficient (Wildman–Crippen LogP) is 5.49. The van der Waals surface area contributed by atoms with Gasteiger partial charge in [-0.05, 0) is 61.0 Å². The van der Waals surface area contributed by atoms with E-state index in [1.165, 1.54) is 0 Å². The molecule has 0 spiro atoms. The molecule has 2 aromatic rings. The van der Waals surface area contributed by atoms with Crippen LogP contribution in [0.1, 0.15) is 31.9 Å². The average Bonchev–Trinajstić information content (AvgIpc) is 2.44. The summed E-state index contributed by atoms with van der Waals surface area (Å²) in [6, 6.07) is 11.6. The van der Waals surface area contributed by atoms with Gasteiger partial charge >= 0.3 is 6.09 Å². The van der Waals surface area contributed by atoms with Gasteiger partial charge in [0.1, 0.15) is 17.1 Å². The molecule has 23 heavy (non-hydrogen) atoms. The van der Waals surface area contributed by atoms with Crippen LogP contribution in [-0.2, 0) is 11.2 Å². The minimum Gasteiger partial charge on any atom is -0.456 e. The third-order valence-corrected chi connectivity index (χ3v) is 3.97.